The Kier molecular flexibility index (Phi) is 4.17. The molecule has 0 aliphatic rings. The zero-order valence-electron chi connectivity index (χ0n) is 12.9. The van der Waals surface area contributed by atoms with Crippen LogP contribution in [-0.2, 0) is 6.42 Å². The Hall–Kier alpha value is -1.38. The van der Waals surface area contributed by atoms with E-state index >= 15 is 0 Å². The van der Waals surface area contributed by atoms with Gasteiger partial charge in [-0.25, -0.2) is 0 Å². The zero-order chi connectivity index (χ0) is 14.8. The first-order chi connectivity index (χ1) is 9.27. The third-order valence-electron chi connectivity index (χ3n) is 3.45. The molecule has 0 spiro atoms. The van der Waals surface area contributed by atoms with Crippen molar-refractivity contribution >= 4 is 10.8 Å². The van der Waals surface area contributed by atoms with Crippen LogP contribution in [0.25, 0.3) is 10.8 Å². The quantitative estimate of drug-likeness (QED) is 0.891. The summed E-state index contributed by atoms with van der Waals surface area (Å²) in [5, 5.41) is 16.5. The second-order valence-electron chi connectivity index (χ2n) is 6.92. The Morgan fingerprint density at radius 1 is 0.950 bits per heavy atom. The smallest absolute Gasteiger partial charge is 0.0784 e. The largest absolute Gasteiger partial charge is 0.389 e. The van der Waals surface area contributed by atoms with Crippen LogP contribution in [-0.4, -0.2) is 22.8 Å². The van der Waals surface area contributed by atoms with Crippen LogP contribution in [0.1, 0.15) is 33.3 Å². The molecule has 1 atom stereocenters. The van der Waals surface area contributed by atoms with Gasteiger partial charge in [0.2, 0.25) is 0 Å². The van der Waals surface area contributed by atoms with E-state index in [0.717, 1.165) is 0 Å². The topological polar surface area (TPSA) is 32.3 Å². The second-order valence-corrected chi connectivity index (χ2v) is 6.92. The first-order valence-corrected chi connectivity index (χ1v) is 7.21. The Morgan fingerprint density at radius 3 is 2.30 bits per heavy atom. The summed E-state index contributed by atoms with van der Waals surface area (Å²) in [6.45, 7) is 8.82. The molecule has 0 amide bonds. The fourth-order valence-corrected chi connectivity index (χ4v) is 2.38. The molecular weight excluding hydrogens is 246 g/mol. The van der Waals surface area contributed by atoms with Crippen molar-refractivity contribution in [2.75, 3.05) is 6.54 Å². The highest BCUT2D eigenvalue weighted by atomic mass is 16.3. The van der Waals surface area contributed by atoms with Crippen LogP contribution in [0.3, 0.4) is 0 Å². The van der Waals surface area contributed by atoms with E-state index in [4.69, 9.17) is 0 Å². The molecule has 2 aromatic rings. The van der Waals surface area contributed by atoms with Gasteiger partial charge in [0.05, 0.1) is 5.60 Å². The van der Waals surface area contributed by atoms with Gasteiger partial charge in [0.15, 0.2) is 0 Å². The molecule has 0 bridgehead atoms. The number of β-amino-alcohol motifs (C(OH)–C–C–N with tert-alkyl or cyclic N) is 1. The first kappa shape index (κ1) is 15.0. The van der Waals surface area contributed by atoms with Crippen molar-refractivity contribution in [2.24, 2.45) is 0 Å². The first-order valence-electron chi connectivity index (χ1n) is 7.21. The fraction of sp³-hybridized carbons (Fsp3) is 0.444. The molecule has 0 radical (unpaired) electrons. The van der Waals surface area contributed by atoms with E-state index in [-0.39, 0.29) is 5.54 Å². The lowest BCUT2D eigenvalue weighted by Gasteiger charge is -2.30. The molecule has 2 nitrogen and oxygen atoms in total. The van der Waals surface area contributed by atoms with Crippen molar-refractivity contribution in [1.82, 2.24) is 5.32 Å². The van der Waals surface area contributed by atoms with Crippen molar-refractivity contribution in [3.05, 3.63) is 48.0 Å². The highest BCUT2D eigenvalue weighted by Gasteiger charge is 2.24. The molecule has 0 aliphatic heterocycles. The summed E-state index contributed by atoms with van der Waals surface area (Å²) in [7, 11) is 0. The van der Waals surface area contributed by atoms with Gasteiger partial charge in [-0.05, 0) is 44.0 Å². The molecule has 0 aliphatic carbocycles. The van der Waals surface area contributed by atoms with Crippen molar-refractivity contribution in [3.8, 4) is 0 Å². The van der Waals surface area contributed by atoms with E-state index in [1.807, 2.05) is 19.1 Å². The highest BCUT2D eigenvalue weighted by Crippen LogP contribution is 2.22. The average Bonchev–Trinajstić information content (AvgIpc) is 2.36. The van der Waals surface area contributed by atoms with Gasteiger partial charge in [0.1, 0.15) is 0 Å². The van der Waals surface area contributed by atoms with Crippen LogP contribution in [0.5, 0.6) is 0 Å². The number of fused-ring (bicyclic) bond motifs is 1. The molecule has 0 heterocycles. The number of aliphatic hydroxyl groups is 1. The van der Waals surface area contributed by atoms with Gasteiger partial charge in [0.25, 0.3) is 0 Å². The number of nitrogens with one attached hydrogen (secondary N) is 1. The summed E-state index contributed by atoms with van der Waals surface area (Å²) in [5.41, 5.74) is 0.462. The van der Waals surface area contributed by atoms with Crippen molar-refractivity contribution in [2.45, 2.75) is 45.3 Å². The van der Waals surface area contributed by atoms with E-state index in [2.05, 4.69) is 56.4 Å². The molecule has 2 heteroatoms. The summed E-state index contributed by atoms with van der Waals surface area (Å²) in [4.78, 5) is 0. The third-order valence-corrected chi connectivity index (χ3v) is 3.45. The van der Waals surface area contributed by atoms with Gasteiger partial charge < -0.3 is 10.4 Å². The maximum atomic E-state index is 10.6. The molecule has 108 valence electrons. The molecule has 0 saturated heterocycles. The third kappa shape index (κ3) is 4.06. The van der Waals surface area contributed by atoms with Gasteiger partial charge in [0, 0.05) is 18.5 Å². The van der Waals surface area contributed by atoms with Gasteiger partial charge in [-0.15, -0.1) is 0 Å². The second kappa shape index (κ2) is 5.55. The SMILES string of the molecule is CC(O)(CNC(C)(C)C)Cc1cccc2ccccc12. The molecule has 0 fully saturated rings. The van der Waals surface area contributed by atoms with Crippen LogP contribution in [0, 0.1) is 0 Å². The van der Waals surface area contributed by atoms with Gasteiger partial charge in [-0.2, -0.15) is 0 Å². The van der Waals surface area contributed by atoms with E-state index in [9.17, 15) is 5.11 Å². The lowest BCUT2D eigenvalue weighted by molar-refractivity contribution is 0.0538. The molecule has 2 rings (SSSR count). The predicted octanol–water partition coefficient (Wildman–Crippen LogP) is 3.52. The van der Waals surface area contributed by atoms with Crippen LogP contribution in [0.4, 0.5) is 0 Å². The number of benzene rings is 2. The minimum atomic E-state index is -0.753. The molecule has 2 aromatic carbocycles. The molecule has 1 unspecified atom stereocenters. The monoisotopic (exact) mass is 271 g/mol. The predicted molar refractivity (Wildman–Crippen MR) is 86.0 cm³/mol. The minimum absolute atomic E-state index is 0.0166. The van der Waals surface area contributed by atoms with Gasteiger partial charge >= 0.3 is 0 Å². The lowest BCUT2D eigenvalue weighted by Crippen LogP contribution is -2.47. The summed E-state index contributed by atoms with van der Waals surface area (Å²) >= 11 is 0. The Morgan fingerprint density at radius 2 is 1.60 bits per heavy atom. The normalized spacial score (nSPS) is 15.2. The van der Waals surface area contributed by atoms with E-state index in [1.165, 1.54) is 16.3 Å². The Bertz CT molecular complexity index is 576. The summed E-state index contributed by atoms with van der Waals surface area (Å²) in [5.74, 6) is 0. The molecule has 20 heavy (non-hydrogen) atoms. The van der Waals surface area contributed by atoms with E-state index in [1.54, 1.807) is 0 Å². The maximum Gasteiger partial charge on any atom is 0.0784 e. The van der Waals surface area contributed by atoms with Gasteiger partial charge in [-0.3, -0.25) is 0 Å². The molecular formula is C18H25NO. The van der Waals surface area contributed by atoms with Crippen LogP contribution in [0.2, 0.25) is 0 Å². The number of rotatable bonds is 4. The van der Waals surface area contributed by atoms with Crippen LogP contribution >= 0.6 is 0 Å². The summed E-state index contributed by atoms with van der Waals surface area (Å²) in [6.07, 6.45) is 0.650. The van der Waals surface area contributed by atoms with Crippen LogP contribution < -0.4 is 5.32 Å². The summed E-state index contributed by atoms with van der Waals surface area (Å²) < 4.78 is 0. The standard InChI is InChI=1S/C18H25NO/c1-17(2,3)19-13-18(4,20)12-15-10-7-9-14-8-5-6-11-16(14)15/h5-11,19-20H,12-13H2,1-4H3. The maximum absolute atomic E-state index is 10.6. The number of hydrogen-bond acceptors (Lipinski definition) is 2. The molecule has 2 N–H and O–H groups in total. The Balaban J connectivity index is 2.19. The van der Waals surface area contributed by atoms with E-state index < -0.39 is 5.60 Å². The van der Waals surface area contributed by atoms with Crippen molar-refractivity contribution < 1.29 is 5.11 Å². The average molecular weight is 271 g/mol. The highest BCUT2D eigenvalue weighted by molar-refractivity contribution is 5.85. The van der Waals surface area contributed by atoms with Gasteiger partial charge in [-0.1, -0.05) is 42.5 Å². The Labute approximate surface area is 121 Å². The lowest BCUT2D eigenvalue weighted by atomic mass is 9.92. The van der Waals surface area contributed by atoms with Crippen molar-refractivity contribution in [3.63, 3.8) is 0 Å². The number of hydrogen-bond donors (Lipinski definition) is 2. The summed E-state index contributed by atoms with van der Waals surface area (Å²) in [6, 6.07) is 14.6. The molecule has 0 aromatic heterocycles. The van der Waals surface area contributed by atoms with Crippen molar-refractivity contribution in [1.29, 1.82) is 0 Å². The van der Waals surface area contributed by atoms with E-state index in [0.29, 0.717) is 13.0 Å². The minimum Gasteiger partial charge on any atom is -0.389 e. The molecule has 0 saturated carbocycles. The van der Waals surface area contributed by atoms with Crippen LogP contribution in [0.15, 0.2) is 42.5 Å². The zero-order valence-corrected chi connectivity index (χ0v) is 12.9. The fourth-order valence-electron chi connectivity index (χ4n) is 2.38.